The Bertz CT molecular complexity index is 515. The van der Waals surface area contributed by atoms with E-state index in [0.29, 0.717) is 12.6 Å². The third-order valence-electron chi connectivity index (χ3n) is 4.97. The van der Waals surface area contributed by atoms with E-state index in [9.17, 15) is 5.26 Å². The minimum atomic E-state index is 0.501. The monoisotopic (exact) mass is 269 g/mol. The van der Waals surface area contributed by atoms with Crippen LogP contribution in [-0.4, -0.2) is 12.6 Å². The zero-order chi connectivity index (χ0) is 13.9. The van der Waals surface area contributed by atoms with Crippen molar-refractivity contribution in [2.45, 2.75) is 51.1 Å². The lowest BCUT2D eigenvalue weighted by molar-refractivity contribution is 0.244. The molecule has 0 bridgehead atoms. The molecule has 1 saturated heterocycles. The van der Waals surface area contributed by atoms with Crippen LogP contribution in [0.4, 0.5) is 5.69 Å². The Balaban J connectivity index is 1.93. The van der Waals surface area contributed by atoms with Crippen molar-refractivity contribution < 1.29 is 0 Å². The number of hydrogen-bond donors (Lipinski definition) is 1. The minimum Gasteiger partial charge on any atom is -0.367 e. The maximum Gasteiger partial charge on any atom is 0.101 e. The van der Waals surface area contributed by atoms with Gasteiger partial charge in [0.2, 0.25) is 0 Å². The summed E-state index contributed by atoms with van der Waals surface area (Å²) in [6, 6.07) is 9.15. The van der Waals surface area contributed by atoms with Gasteiger partial charge in [-0.1, -0.05) is 18.9 Å². The summed E-state index contributed by atoms with van der Waals surface area (Å²) in [6.45, 7) is 1.60. The van der Waals surface area contributed by atoms with Crippen LogP contribution in [-0.2, 0) is 6.54 Å². The van der Waals surface area contributed by atoms with Gasteiger partial charge in [0.15, 0.2) is 0 Å². The molecule has 0 aromatic heterocycles. The minimum absolute atomic E-state index is 0.501. The van der Waals surface area contributed by atoms with Gasteiger partial charge < -0.3 is 10.6 Å². The van der Waals surface area contributed by atoms with Crippen LogP contribution in [0.3, 0.4) is 0 Å². The molecule has 1 aromatic rings. The summed E-state index contributed by atoms with van der Waals surface area (Å²) in [7, 11) is 0. The Labute approximate surface area is 121 Å². The first kappa shape index (κ1) is 13.5. The van der Waals surface area contributed by atoms with Gasteiger partial charge in [0.1, 0.15) is 6.07 Å². The van der Waals surface area contributed by atoms with Crippen LogP contribution in [0, 0.1) is 17.2 Å². The molecule has 2 N–H and O–H groups in total. The second kappa shape index (κ2) is 5.85. The Morgan fingerprint density at radius 3 is 2.80 bits per heavy atom. The smallest absolute Gasteiger partial charge is 0.101 e. The summed E-state index contributed by atoms with van der Waals surface area (Å²) < 4.78 is 0. The van der Waals surface area contributed by atoms with Crippen molar-refractivity contribution in [2.24, 2.45) is 11.7 Å². The number of rotatable bonds is 2. The standard InChI is InChI=1S/C17H23N3/c18-11-13-7-8-17(15(10-13)12-19)20-9-3-5-14-4-1-2-6-16(14)20/h7-8,10,14,16H,1-6,9,11,18H2. The van der Waals surface area contributed by atoms with E-state index in [1.54, 1.807) is 0 Å². The van der Waals surface area contributed by atoms with Gasteiger partial charge in [-0.05, 0) is 49.3 Å². The van der Waals surface area contributed by atoms with E-state index in [1.165, 1.54) is 38.5 Å². The Morgan fingerprint density at radius 1 is 1.20 bits per heavy atom. The fourth-order valence-corrected chi connectivity index (χ4v) is 3.97. The van der Waals surface area contributed by atoms with Crippen molar-refractivity contribution in [1.82, 2.24) is 0 Å². The van der Waals surface area contributed by atoms with Crippen molar-refractivity contribution in [3.8, 4) is 6.07 Å². The van der Waals surface area contributed by atoms with Crippen LogP contribution < -0.4 is 10.6 Å². The highest BCUT2D eigenvalue weighted by atomic mass is 15.2. The Kier molecular flexibility index (Phi) is 3.93. The van der Waals surface area contributed by atoms with Gasteiger partial charge in [-0.25, -0.2) is 0 Å². The number of nitrogens with zero attached hydrogens (tertiary/aromatic N) is 2. The van der Waals surface area contributed by atoms with E-state index >= 15 is 0 Å². The third-order valence-corrected chi connectivity index (χ3v) is 4.97. The molecule has 2 aliphatic rings. The molecule has 2 atom stereocenters. The molecule has 1 aliphatic carbocycles. The molecular formula is C17H23N3. The number of fused-ring (bicyclic) bond motifs is 1. The molecule has 20 heavy (non-hydrogen) atoms. The van der Waals surface area contributed by atoms with Crippen LogP contribution in [0.2, 0.25) is 0 Å². The average molecular weight is 269 g/mol. The SMILES string of the molecule is N#Cc1cc(CN)ccc1N1CCCC2CCCCC21. The first-order valence-corrected chi connectivity index (χ1v) is 7.83. The number of anilines is 1. The molecule has 1 saturated carbocycles. The van der Waals surface area contributed by atoms with Crippen LogP contribution >= 0.6 is 0 Å². The molecule has 0 spiro atoms. The van der Waals surface area contributed by atoms with Crippen LogP contribution in [0.25, 0.3) is 0 Å². The predicted octanol–water partition coefficient (Wildman–Crippen LogP) is 3.18. The molecule has 2 unspecified atom stereocenters. The van der Waals surface area contributed by atoms with Gasteiger partial charge in [0, 0.05) is 19.1 Å². The number of piperidine rings is 1. The van der Waals surface area contributed by atoms with E-state index in [4.69, 9.17) is 5.73 Å². The summed E-state index contributed by atoms with van der Waals surface area (Å²) in [4.78, 5) is 2.51. The molecule has 106 valence electrons. The predicted molar refractivity (Wildman–Crippen MR) is 81.4 cm³/mol. The first-order valence-electron chi connectivity index (χ1n) is 7.83. The normalized spacial score (nSPS) is 25.9. The van der Waals surface area contributed by atoms with Crippen molar-refractivity contribution in [2.75, 3.05) is 11.4 Å². The molecule has 0 radical (unpaired) electrons. The third kappa shape index (κ3) is 2.41. The van der Waals surface area contributed by atoms with Gasteiger partial charge in [-0.3, -0.25) is 0 Å². The lowest BCUT2D eigenvalue weighted by Gasteiger charge is -2.45. The summed E-state index contributed by atoms with van der Waals surface area (Å²) in [5.74, 6) is 0.832. The van der Waals surface area contributed by atoms with E-state index in [0.717, 1.165) is 29.3 Å². The van der Waals surface area contributed by atoms with Crippen LogP contribution in [0.15, 0.2) is 18.2 Å². The maximum atomic E-state index is 9.45. The van der Waals surface area contributed by atoms with E-state index in [1.807, 2.05) is 6.07 Å². The van der Waals surface area contributed by atoms with Gasteiger partial charge in [0.05, 0.1) is 11.3 Å². The van der Waals surface area contributed by atoms with Gasteiger partial charge in [0.25, 0.3) is 0 Å². The molecular weight excluding hydrogens is 246 g/mol. The summed E-state index contributed by atoms with van der Waals surface area (Å²) in [5, 5.41) is 9.45. The first-order chi connectivity index (χ1) is 9.83. The number of hydrogen-bond acceptors (Lipinski definition) is 3. The van der Waals surface area contributed by atoms with Crippen LogP contribution in [0.1, 0.15) is 49.7 Å². The number of nitrogens with two attached hydrogens (primary N) is 1. The molecule has 3 rings (SSSR count). The number of benzene rings is 1. The topological polar surface area (TPSA) is 53.1 Å². The summed E-state index contributed by atoms with van der Waals surface area (Å²) in [6.07, 6.45) is 7.99. The zero-order valence-electron chi connectivity index (χ0n) is 12.0. The lowest BCUT2D eigenvalue weighted by atomic mass is 9.78. The second-order valence-corrected chi connectivity index (χ2v) is 6.11. The Hall–Kier alpha value is -1.53. The molecule has 2 fully saturated rings. The Morgan fingerprint density at radius 2 is 2.00 bits per heavy atom. The van der Waals surface area contributed by atoms with Crippen molar-refractivity contribution in [3.63, 3.8) is 0 Å². The quantitative estimate of drug-likeness (QED) is 0.897. The van der Waals surface area contributed by atoms with Crippen LogP contribution in [0.5, 0.6) is 0 Å². The van der Waals surface area contributed by atoms with Crippen molar-refractivity contribution in [1.29, 1.82) is 5.26 Å². The molecule has 1 heterocycles. The van der Waals surface area contributed by atoms with E-state index in [-0.39, 0.29) is 0 Å². The van der Waals surface area contributed by atoms with Crippen molar-refractivity contribution >= 4 is 5.69 Å². The highest BCUT2D eigenvalue weighted by Crippen LogP contribution is 2.38. The van der Waals surface area contributed by atoms with Gasteiger partial charge in [-0.2, -0.15) is 5.26 Å². The fraction of sp³-hybridized carbons (Fsp3) is 0.588. The maximum absolute atomic E-state index is 9.45. The molecule has 0 amide bonds. The van der Waals surface area contributed by atoms with E-state index < -0.39 is 0 Å². The summed E-state index contributed by atoms with van der Waals surface area (Å²) in [5.41, 5.74) is 8.65. The molecule has 3 heteroatoms. The lowest BCUT2D eigenvalue weighted by Crippen LogP contribution is -2.47. The fourth-order valence-electron chi connectivity index (χ4n) is 3.97. The number of nitriles is 1. The second-order valence-electron chi connectivity index (χ2n) is 6.11. The molecule has 3 nitrogen and oxygen atoms in total. The molecule has 1 aliphatic heterocycles. The highest BCUT2D eigenvalue weighted by Gasteiger charge is 2.34. The van der Waals surface area contributed by atoms with E-state index in [2.05, 4.69) is 23.1 Å². The van der Waals surface area contributed by atoms with Gasteiger partial charge in [-0.15, -0.1) is 0 Å². The largest absolute Gasteiger partial charge is 0.367 e. The van der Waals surface area contributed by atoms with Crippen molar-refractivity contribution in [3.05, 3.63) is 29.3 Å². The average Bonchev–Trinajstić information content (AvgIpc) is 2.53. The van der Waals surface area contributed by atoms with Gasteiger partial charge >= 0.3 is 0 Å². The molecule has 1 aromatic carbocycles. The highest BCUT2D eigenvalue weighted by molar-refractivity contribution is 5.61. The summed E-state index contributed by atoms with van der Waals surface area (Å²) >= 11 is 0. The zero-order valence-corrected chi connectivity index (χ0v) is 12.0.